The standard InChI is InChI=1S/C23H23N3O8/c24-17(22(30)31)10-11-34-16-8-6-15(7-9-16)26(19(28)13-27)18-12-25(21(18)29)20(23(32)33)14-4-2-1-3-5-14/h1-9,13,17-18,20H,10-12,24H2,(H,30,31)(H,32,33). The number of anilines is 1. The summed E-state index contributed by atoms with van der Waals surface area (Å²) in [7, 11) is 0. The van der Waals surface area contributed by atoms with Gasteiger partial charge in [-0.3, -0.25) is 24.1 Å². The number of β-lactam (4-membered cyclic amide) rings is 1. The summed E-state index contributed by atoms with van der Waals surface area (Å²) < 4.78 is 5.44. The Balaban J connectivity index is 1.73. The third-order valence-corrected chi connectivity index (χ3v) is 5.38. The molecule has 11 nitrogen and oxygen atoms in total. The summed E-state index contributed by atoms with van der Waals surface area (Å²) >= 11 is 0. The minimum atomic E-state index is -1.22. The summed E-state index contributed by atoms with van der Waals surface area (Å²) in [6.07, 6.45) is 0.172. The third-order valence-electron chi connectivity index (χ3n) is 5.38. The molecule has 178 valence electrons. The fourth-order valence-electron chi connectivity index (χ4n) is 3.60. The van der Waals surface area contributed by atoms with Crippen molar-refractivity contribution in [3.8, 4) is 5.75 Å². The molecule has 0 bridgehead atoms. The van der Waals surface area contributed by atoms with Crippen LogP contribution in [0, 0.1) is 0 Å². The number of carboxylic acid groups (broad SMARTS) is 2. The Labute approximate surface area is 194 Å². The van der Waals surface area contributed by atoms with E-state index in [1.807, 2.05) is 0 Å². The Morgan fingerprint density at radius 3 is 2.26 bits per heavy atom. The maximum absolute atomic E-state index is 12.9. The van der Waals surface area contributed by atoms with Crippen molar-refractivity contribution in [3.63, 3.8) is 0 Å². The van der Waals surface area contributed by atoms with Crippen LogP contribution in [0.1, 0.15) is 18.0 Å². The average Bonchev–Trinajstić information content (AvgIpc) is 2.83. The molecular formula is C23H23N3O8. The van der Waals surface area contributed by atoms with E-state index in [0.29, 0.717) is 11.3 Å². The van der Waals surface area contributed by atoms with Gasteiger partial charge in [0.2, 0.25) is 12.2 Å². The maximum Gasteiger partial charge on any atom is 0.331 e. The molecule has 0 aliphatic carbocycles. The number of hydrogen-bond acceptors (Lipinski definition) is 7. The summed E-state index contributed by atoms with van der Waals surface area (Å²) in [5, 5.41) is 18.5. The van der Waals surface area contributed by atoms with Gasteiger partial charge in [-0.25, -0.2) is 4.79 Å². The molecule has 2 amide bonds. The minimum absolute atomic E-state index is 0.0515. The Kier molecular flexibility index (Phi) is 7.59. The van der Waals surface area contributed by atoms with Gasteiger partial charge < -0.3 is 25.6 Å². The second-order valence-corrected chi connectivity index (χ2v) is 7.56. The molecule has 1 aliphatic heterocycles. The largest absolute Gasteiger partial charge is 0.494 e. The predicted octanol–water partition coefficient (Wildman–Crippen LogP) is 0.436. The molecule has 3 rings (SSSR count). The number of carbonyl (C=O) groups is 5. The number of rotatable bonds is 11. The van der Waals surface area contributed by atoms with E-state index in [9.17, 15) is 29.1 Å². The van der Waals surface area contributed by atoms with E-state index in [4.69, 9.17) is 15.6 Å². The van der Waals surface area contributed by atoms with Gasteiger partial charge in [0.15, 0.2) is 6.04 Å². The van der Waals surface area contributed by atoms with Crippen molar-refractivity contribution in [1.29, 1.82) is 0 Å². The summed E-state index contributed by atoms with van der Waals surface area (Å²) in [5.74, 6) is -3.54. The van der Waals surface area contributed by atoms with Crippen LogP contribution in [0.5, 0.6) is 5.75 Å². The number of benzene rings is 2. The zero-order valence-corrected chi connectivity index (χ0v) is 17.9. The topological polar surface area (TPSA) is 168 Å². The van der Waals surface area contributed by atoms with Crippen LogP contribution in [0.15, 0.2) is 54.6 Å². The highest BCUT2D eigenvalue weighted by molar-refractivity contribution is 6.32. The zero-order valence-electron chi connectivity index (χ0n) is 17.9. The zero-order chi connectivity index (χ0) is 24.8. The number of likely N-dealkylation sites (tertiary alicyclic amines) is 1. The highest BCUT2D eigenvalue weighted by Gasteiger charge is 2.48. The van der Waals surface area contributed by atoms with Crippen molar-refractivity contribution in [3.05, 3.63) is 60.2 Å². The van der Waals surface area contributed by atoms with E-state index < -0.39 is 41.9 Å². The number of nitrogens with zero attached hydrogens (tertiary/aromatic N) is 2. The first-order valence-electron chi connectivity index (χ1n) is 10.3. The minimum Gasteiger partial charge on any atom is -0.494 e. The molecular weight excluding hydrogens is 446 g/mol. The lowest BCUT2D eigenvalue weighted by Crippen LogP contribution is -2.67. The molecule has 2 aromatic rings. The molecule has 0 aromatic heterocycles. The van der Waals surface area contributed by atoms with Crippen LogP contribution >= 0.6 is 0 Å². The molecule has 3 atom stereocenters. The number of hydrogen-bond donors (Lipinski definition) is 3. The van der Waals surface area contributed by atoms with Gasteiger partial charge in [0.1, 0.15) is 17.8 Å². The first kappa shape index (κ1) is 24.4. The van der Waals surface area contributed by atoms with Gasteiger partial charge in [-0.15, -0.1) is 0 Å². The molecule has 0 radical (unpaired) electrons. The Hall–Kier alpha value is -4.25. The molecule has 0 saturated carbocycles. The van der Waals surface area contributed by atoms with Crippen molar-refractivity contribution in [2.24, 2.45) is 5.73 Å². The van der Waals surface area contributed by atoms with E-state index in [1.54, 1.807) is 30.3 Å². The molecule has 1 aliphatic rings. The first-order chi connectivity index (χ1) is 16.2. The van der Waals surface area contributed by atoms with Crippen molar-refractivity contribution in [1.82, 2.24) is 4.90 Å². The van der Waals surface area contributed by atoms with Crippen LogP contribution in [0.2, 0.25) is 0 Å². The number of aliphatic carboxylic acids is 2. The van der Waals surface area contributed by atoms with E-state index in [0.717, 1.165) is 9.80 Å². The van der Waals surface area contributed by atoms with Crippen molar-refractivity contribution in [2.45, 2.75) is 24.5 Å². The quantitative estimate of drug-likeness (QED) is 0.240. The molecule has 3 unspecified atom stereocenters. The Morgan fingerprint density at radius 2 is 1.74 bits per heavy atom. The van der Waals surface area contributed by atoms with Gasteiger partial charge in [-0.05, 0) is 29.8 Å². The number of nitrogens with two attached hydrogens (primary N) is 1. The third kappa shape index (κ3) is 5.21. The fourth-order valence-corrected chi connectivity index (χ4v) is 3.60. The Bertz CT molecular complexity index is 1070. The molecule has 1 fully saturated rings. The number of carboxylic acids is 2. The van der Waals surface area contributed by atoms with Crippen LogP contribution < -0.4 is 15.4 Å². The highest BCUT2D eigenvalue weighted by atomic mass is 16.5. The van der Waals surface area contributed by atoms with Crippen LogP contribution in [0.3, 0.4) is 0 Å². The van der Waals surface area contributed by atoms with Crippen molar-refractivity contribution >= 4 is 35.7 Å². The monoisotopic (exact) mass is 469 g/mol. The lowest BCUT2D eigenvalue weighted by molar-refractivity contribution is -0.159. The van der Waals surface area contributed by atoms with Crippen molar-refractivity contribution < 1.29 is 38.9 Å². The van der Waals surface area contributed by atoms with Crippen LogP contribution in [0.25, 0.3) is 0 Å². The molecule has 1 heterocycles. The summed E-state index contributed by atoms with van der Waals surface area (Å²) in [5.41, 5.74) is 6.08. The smallest absolute Gasteiger partial charge is 0.331 e. The maximum atomic E-state index is 12.9. The number of amides is 2. The SMILES string of the molecule is NC(CCOc1ccc(N(C(=O)C=O)C2CN(C(C(=O)O)c3ccccc3)C2=O)cc1)C(=O)O. The fraction of sp³-hybridized carbons (Fsp3) is 0.261. The highest BCUT2D eigenvalue weighted by Crippen LogP contribution is 2.32. The summed E-state index contributed by atoms with van der Waals surface area (Å²) in [6.45, 7) is -0.0223. The first-order valence-corrected chi connectivity index (χ1v) is 10.3. The van der Waals surface area contributed by atoms with E-state index in [1.165, 1.54) is 24.3 Å². The predicted molar refractivity (Wildman–Crippen MR) is 118 cm³/mol. The van der Waals surface area contributed by atoms with E-state index in [-0.39, 0.29) is 31.5 Å². The van der Waals surface area contributed by atoms with E-state index in [2.05, 4.69) is 0 Å². The number of aldehydes is 1. The van der Waals surface area contributed by atoms with Gasteiger partial charge in [0, 0.05) is 12.1 Å². The lowest BCUT2D eigenvalue weighted by Gasteiger charge is -2.46. The van der Waals surface area contributed by atoms with Gasteiger partial charge in [-0.1, -0.05) is 30.3 Å². The molecule has 4 N–H and O–H groups in total. The average molecular weight is 469 g/mol. The van der Waals surface area contributed by atoms with Crippen LogP contribution in [-0.2, 0) is 24.0 Å². The Morgan fingerprint density at radius 1 is 1.09 bits per heavy atom. The lowest BCUT2D eigenvalue weighted by atomic mass is 9.96. The van der Waals surface area contributed by atoms with Gasteiger partial charge >= 0.3 is 11.9 Å². The molecule has 0 spiro atoms. The van der Waals surface area contributed by atoms with Crippen molar-refractivity contribution in [2.75, 3.05) is 18.1 Å². The van der Waals surface area contributed by atoms with Gasteiger partial charge in [0.25, 0.3) is 5.91 Å². The van der Waals surface area contributed by atoms with Gasteiger partial charge in [-0.2, -0.15) is 0 Å². The summed E-state index contributed by atoms with van der Waals surface area (Å²) in [4.78, 5) is 61.2. The second-order valence-electron chi connectivity index (χ2n) is 7.56. The number of carbonyl (C=O) groups excluding carboxylic acids is 3. The molecule has 2 aromatic carbocycles. The molecule has 1 saturated heterocycles. The summed E-state index contributed by atoms with van der Waals surface area (Å²) in [6, 6.07) is 10.9. The van der Waals surface area contributed by atoms with E-state index >= 15 is 0 Å². The second kappa shape index (κ2) is 10.6. The van der Waals surface area contributed by atoms with Crippen LogP contribution in [-0.4, -0.2) is 70.4 Å². The van der Waals surface area contributed by atoms with Crippen LogP contribution in [0.4, 0.5) is 5.69 Å². The molecule has 11 heteroatoms. The molecule has 34 heavy (non-hydrogen) atoms. The van der Waals surface area contributed by atoms with Gasteiger partial charge in [0.05, 0.1) is 13.2 Å². The normalized spacial score (nSPS) is 16.7. The number of ether oxygens (including phenoxy) is 1.